The standard InChI is InChI=1S/C13H23N3O5/c1-15(2)13(5-4-6-13)8-16(3)12(21)14-9(11(19)20)7-10(17)18/h9H,4-8H2,1-3H3,(H,14,21)(H,17,18)(H,19,20)/t9-/m1/s1. The van der Waals surface area contributed by atoms with Gasteiger partial charge in [0.15, 0.2) is 0 Å². The number of carboxylic acids is 2. The minimum atomic E-state index is -1.42. The van der Waals surface area contributed by atoms with Crippen molar-refractivity contribution >= 4 is 18.0 Å². The topological polar surface area (TPSA) is 110 Å². The number of amides is 2. The van der Waals surface area contributed by atoms with Gasteiger partial charge in [0.1, 0.15) is 6.04 Å². The van der Waals surface area contributed by atoms with Crippen LogP contribution in [0.15, 0.2) is 0 Å². The Morgan fingerprint density at radius 3 is 2.10 bits per heavy atom. The summed E-state index contributed by atoms with van der Waals surface area (Å²) in [5.41, 5.74) is -0.0718. The summed E-state index contributed by atoms with van der Waals surface area (Å²) in [4.78, 5) is 37.1. The van der Waals surface area contributed by atoms with Crippen molar-refractivity contribution in [2.45, 2.75) is 37.3 Å². The number of carbonyl (C=O) groups is 3. The molecule has 21 heavy (non-hydrogen) atoms. The second-order valence-corrected chi connectivity index (χ2v) is 5.77. The average Bonchev–Trinajstić information content (AvgIpc) is 2.31. The number of nitrogens with one attached hydrogen (secondary N) is 1. The molecule has 0 saturated heterocycles. The van der Waals surface area contributed by atoms with E-state index in [9.17, 15) is 14.4 Å². The largest absolute Gasteiger partial charge is 0.481 e. The molecule has 0 aromatic rings. The van der Waals surface area contributed by atoms with E-state index < -0.39 is 30.4 Å². The SMILES string of the molecule is CN(CC1(N(C)C)CCC1)C(=O)N[C@H](CC(=O)O)C(=O)O. The number of nitrogens with zero attached hydrogens (tertiary/aromatic N) is 2. The number of hydrogen-bond donors (Lipinski definition) is 3. The van der Waals surface area contributed by atoms with Crippen LogP contribution in [0.2, 0.25) is 0 Å². The summed E-state index contributed by atoms with van der Waals surface area (Å²) in [6.07, 6.45) is 2.42. The number of hydrogen-bond acceptors (Lipinski definition) is 4. The highest BCUT2D eigenvalue weighted by atomic mass is 16.4. The fourth-order valence-corrected chi connectivity index (χ4v) is 2.48. The summed E-state index contributed by atoms with van der Waals surface area (Å²) in [7, 11) is 5.49. The maximum Gasteiger partial charge on any atom is 0.326 e. The highest BCUT2D eigenvalue weighted by Crippen LogP contribution is 2.36. The van der Waals surface area contributed by atoms with Gasteiger partial charge in [-0.1, -0.05) is 0 Å². The van der Waals surface area contributed by atoms with Crippen molar-refractivity contribution in [1.29, 1.82) is 0 Å². The van der Waals surface area contributed by atoms with E-state index in [1.807, 2.05) is 14.1 Å². The monoisotopic (exact) mass is 301 g/mol. The third-order valence-corrected chi connectivity index (χ3v) is 4.09. The van der Waals surface area contributed by atoms with Crippen LogP contribution in [0.5, 0.6) is 0 Å². The zero-order valence-electron chi connectivity index (χ0n) is 12.6. The Morgan fingerprint density at radius 2 is 1.76 bits per heavy atom. The Hall–Kier alpha value is -1.83. The van der Waals surface area contributed by atoms with E-state index in [0.717, 1.165) is 19.3 Å². The lowest BCUT2D eigenvalue weighted by atomic mass is 9.75. The van der Waals surface area contributed by atoms with Gasteiger partial charge in [-0.25, -0.2) is 9.59 Å². The maximum atomic E-state index is 12.0. The molecule has 3 N–H and O–H groups in total. The van der Waals surface area contributed by atoms with Crippen LogP contribution in [-0.4, -0.2) is 77.3 Å². The Kier molecular flexibility index (Phi) is 5.54. The average molecular weight is 301 g/mol. The molecule has 0 heterocycles. The highest BCUT2D eigenvalue weighted by Gasteiger charge is 2.41. The number of aliphatic carboxylic acids is 2. The number of urea groups is 1. The first kappa shape index (κ1) is 17.2. The van der Waals surface area contributed by atoms with Crippen LogP contribution in [0.4, 0.5) is 4.79 Å². The normalized spacial score (nSPS) is 17.7. The Bertz CT molecular complexity index is 420. The van der Waals surface area contributed by atoms with E-state index in [1.165, 1.54) is 4.90 Å². The summed E-state index contributed by atoms with van der Waals surface area (Å²) in [5.74, 6) is -2.63. The third kappa shape index (κ3) is 4.32. The molecule has 8 nitrogen and oxygen atoms in total. The third-order valence-electron chi connectivity index (χ3n) is 4.09. The van der Waals surface area contributed by atoms with Crippen LogP contribution in [-0.2, 0) is 9.59 Å². The molecular formula is C13H23N3O5. The van der Waals surface area contributed by atoms with Gasteiger partial charge < -0.3 is 25.3 Å². The molecule has 8 heteroatoms. The second kappa shape index (κ2) is 6.75. The fraction of sp³-hybridized carbons (Fsp3) is 0.769. The first-order valence-corrected chi connectivity index (χ1v) is 6.81. The molecule has 1 fully saturated rings. The lowest BCUT2D eigenvalue weighted by Gasteiger charge is -2.49. The highest BCUT2D eigenvalue weighted by molar-refractivity contribution is 5.86. The number of rotatable bonds is 7. The summed E-state index contributed by atoms with van der Waals surface area (Å²) >= 11 is 0. The van der Waals surface area contributed by atoms with Crippen molar-refractivity contribution in [3.63, 3.8) is 0 Å². The molecule has 1 saturated carbocycles. The first-order valence-electron chi connectivity index (χ1n) is 6.81. The van der Waals surface area contributed by atoms with E-state index in [1.54, 1.807) is 7.05 Å². The molecule has 1 atom stereocenters. The predicted octanol–water partition coefficient (Wildman–Crippen LogP) is 0.0400. The zero-order valence-corrected chi connectivity index (χ0v) is 12.6. The van der Waals surface area contributed by atoms with Crippen LogP contribution in [0.1, 0.15) is 25.7 Å². The molecule has 0 aromatic heterocycles. The molecule has 0 spiro atoms. The van der Waals surface area contributed by atoms with Crippen molar-refractivity contribution in [3.8, 4) is 0 Å². The summed E-state index contributed by atoms with van der Waals surface area (Å²) in [6.45, 7) is 0.477. The van der Waals surface area contributed by atoms with Gasteiger partial charge in [0.25, 0.3) is 0 Å². The molecule has 0 aromatic carbocycles. The van der Waals surface area contributed by atoms with Crippen LogP contribution in [0.25, 0.3) is 0 Å². The number of likely N-dealkylation sites (N-methyl/N-ethyl adjacent to an activating group) is 2. The Labute approximate surface area is 123 Å². The van der Waals surface area contributed by atoms with Crippen LogP contribution in [0, 0.1) is 0 Å². The van der Waals surface area contributed by atoms with Gasteiger partial charge in [-0.2, -0.15) is 0 Å². The molecule has 0 aliphatic heterocycles. The maximum absolute atomic E-state index is 12.0. The van der Waals surface area contributed by atoms with Crippen molar-refractivity contribution in [3.05, 3.63) is 0 Å². The van der Waals surface area contributed by atoms with Gasteiger partial charge in [-0.15, -0.1) is 0 Å². The van der Waals surface area contributed by atoms with E-state index >= 15 is 0 Å². The molecule has 0 unspecified atom stereocenters. The molecule has 1 aliphatic carbocycles. The van der Waals surface area contributed by atoms with Crippen molar-refractivity contribution < 1.29 is 24.6 Å². The van der Waals surface area contributed by atoms with Gasteiger partial charge in [0, 0.05) is 19.1 Å². The summed E-state index contributed by atoms with van der Waals surface area (Å²) < 4.78 is 0. The van der Waals surface area contributed by atoms with Gasteiger partial charge in [0.05, 0.1) is 6.42 Å². The minimum Gasteiger partial charge on any atom is -0.481 e. The van der Waals surface area contributed by atoms with E-state index in [0.29, 0.717) is 6.54 Å². The van der Waals surface area contributed by atoms with Crippen molar-refractivity contribution in [1.82, 2.24) is 15.1 Å². The second-order valence-electron chi connectivity index (χ2n) is 5.77. The lowest BCUT2D eigenvalue weighted by molar-refractivity contribution is -0.145. The molecule has 0 radical (unpaired) electrons. The number of carboxylic acid groups (broad SMARTS) is 2. The molecule has 2 amide bonds. The van der Waals surface area contributed by atoms with Crippen molar-refractivity contribution in [2.75, 3.05) is 27.7 Å². The molecule has 0 bridgehead atoms. The predicted molar refractivity (Wildman–Crippen MR) is 75.1 cm³/mol. The Balaban J connectivity index is 2.61. The Morgan fingerprint density at radius 1 is 1.19 bits per heavy atom. The number of carbonyl (C=O) groups excluding carboxylic acids is 1. The van der Waals surface area contributed by atoms with Crippen LogP contribution >= 0.6 is 0 Å². The summed E-state index contributed by atoms with van der Waals surface area (Å²) in [6, 6.07) is -1.99. The first-order chi connectivity index (χ1) is 9.68. The zero-order chi connectivity index (χ0) is 16.2. The van der Waals surface area contributed by atoms with E-state index in [-0.39, 0.29) is 5.54 Å². The molecule has 120 valence electrons. The van der Waals surface area contributed by atoms with Gasteiger partial charge >= 0.3 is 18.0 Å². The quantitative estimate of drug-likeness (QED) is 0.612. The van der Waals surface area contributed by atoms with Gasteiger partial charge in [-0.3, -0.25) is 4.79 Å². The van der Waals surface area contributed by atoms with Crippen molar-refractivity contribution in [2.24, 2.45) is 0 Å². The smallest absolute Gasteiger partial charge is 0.326 e. The van der Waals surface area contributed by atoms with E-state index in [4.69, 9.17) is 10.2 Å². The fourth-order valence-electron chi connectivity index (χ4n) is 2.48. The molecule has 1 rings (SSSR count). The van der Waals surface area contributed by atoms with E-state index in [2.05, 4.69) is 10.2 Å². The molecule has 1 aliphatic rings. The van der Waals surface area contributed by atoms with Gasteiger partial charge in [-0.05, 0) is 33.4 Å². The lowest BCUT2D eigenvalue weighted by Crippen LogP contribution is -2.59. The minimum absolute atomic E-state index is 0.0718. The van der Waals surface area contributed by atoms with Crippen LogP contribution in [0.3, 0.4) is 0 Å². The molecular weight excluding hydrogens is 278 g/mol. The van der Waals surface area contributed by atoms with Crippen LogP contribution < -0.4 is 5.32 Å². The van der Waals surface area contributed by atoms with Gasteiger partial charge in [0.2, 0.25) is 0 Å². The summed E-state index contributed by atoms with van der Waals surface area (Å²) in [5, 5.41) is 19.8.